The van der Waals surface area contributed by atoms with Gasteiger partial charge in [0.1, 0.15) is 5.75 Å². The minimum Gasteiger partial charge on any atom is -0.492 e. The first kappa shape index (κ1) is 15.9. The van der Waals surface area contributed by atoms with Gasteiger partial charge in [-0.1, -0.05) is 35.3 Å². The van der Waals surface area contributed by atoms with Gasteiger partial charge in [0.15, 0.2) is 5.11 Å². The number of benzene rings is 2. The minimum atomic E-state index is 0.445. The average Bonchev–Trinajstić information content (AvgIpc) is 2.45. The first-order valence-electron chi connectivity index (χ1n) is 6.35. The molecule has 0 saturated heterocycles. The van der Waals surface area contributed by atoms with Crippen LogP contribution in [0.25, 0.3) is 0 Å². The van der Waals surface area contributed by atoms with Crippen molar-refractivity contribution in [2.75, 3.05) is 17.2 Å². The van der Waals surface area contributed by atoms with Gasteiger partial charge in [-0.25, -0.2) is 0 Å². The number of hydrogen-bond donors (Lipinski definition) is 2. The molecule has 2 N–H and O–H groups in total. The molecule has 0 spiro atoms. The molecule has 0 atom stereocenters. The summed E-state index contributed by atoms with van der Waals surface area (Å²) in [5, 5.41) is 7.57. The molecule has 0 unspecified atom stereocenters. The van der Waals surface area contributed by atoms with E-state index in [4.69, 9.17) is 40.2 Å². The Hall–Kier alpha value is -1.49. The monoisotopic (exact) mass is 340 g/mol. The number of anilines is 2. The highest BCUT2D eigenvalue weighted by Crippen LogP contribution is 2.26. The number of nitrogens with one attached hydrogen (secondary N) is 2. The van der Waals surface area contributed by atoms with Crippen molar-refractivity contribution in [1.82, 2.24) is 0 Å². The standard InChI is InChI=1S/C15H14Cl2N2OS/c1-2-20-14-6-4-3-5-13(14)19-15(21)18-10-7-8-11(16)12(17)9-10/h3-9H,2H2,1H3,(H2,18,19,21). The molecule has 3 nitrogen and oxygen atoms in total. The van der Waals surface area contributed by atoms with Crippen molar-refractivity contribution in [1.29, 1.82) is 0 Å². The van der Waals surface area contributed by atoms with Crippen molar-refractivity contribution in [2.45, 2.75) is 6.92 Å². The Bertz CT molecular complexity index is 649. The van der Waals surface area contributed by atoms with Crippen LogP contribution >= 0.6 is 35.4 Å². The zero-order valence-corrected chi connectivity index (χ0v) is 13.6. The average molecular weight is 341 g/mol. The Labute approximate surface area is 139 Å². The van der Waals surface area contributed by atoms with Crippen LogP contribution in [0.2, 0.25) is 10.0 Å². The predicted molar refractivity (Wildman–Crippen MR) is 93.9 cm³/mol. The molecular formula is C15H14Cl2N2OS. The van der Waals surface area contributed by atoms with Crippen LogP contribution in [0.3, 0.4) is 0 Å². The number of thiocarbonyl (C=S) groups is 1. The lowest BCUT2D eigenvalue weighted by Gasteiger charge is -2.14. The van der Waals surface area contributed by atoms with Crippen LogP contribution in [-0.4, -0.2) is 11.7 Å². The third-order valence-electron chi connectivity index (χ3n) is 2.61. The molecule has 0 aliphatic carbocycles. The van der Waals surface area contributed by atoms with E-state index in [1.807, 2.05) is 31.2 Å². The fraction of sp³-hybridized carbons (Fsp3) is 0.133. The highest BCUT2D eigenvalue weighted by molar-refractivity contribution is 7.80. The van der Waals surface area contributed by atoms with Gasteiger partial charge in [0.2, 0.25) is 0 Å². The molecule has 2 aromatic carbocycles. The minimum absolute atomic E-state index is 0.445. The lowest BCUT2D eigenvalue weighted by atomic mass is 10.3. The maximum atomic E-state index is 5.97. The largest absolute Gasteiger partial charge is 0.492 e. The van der Waals surface area contributed by atoms with E-state index >= 15 is 0 Å². The molecule has 2 aromatic rings. The topological polar surface area (TPSA) is 33.3 Å². The SMILES string of the molecule is CCOc1ccccc1NC(=S)Nc1ccc(Cl)c(Cl)c1. The van der Waals surface area contributed by atoms with Gasteiger partial charge in [0.05, 0.1) is 22.3 Å². The second-order valence-electron chi connectivity index (χ2n) is 4.14. The number of halogens is 2. The van der Waals surface area contributed by atoms with Crippen LogP contribution in [0.4, 0.5) is 11.4 Å². The smallest absolute Gasteiger partial charge is 0.175 e. The third kappa shape index (κ3) is 4.49. The molecule has 0 radical (unpaired) electrons. The van der Waals surface area contributed by atoms with Crippen molar-refractivity contribution in [3.63, 3.8) is 0 Å². The van der Waals surface area contributed by atoms with Gasteiger partial charge < -0.3 is 15.4 Å². The van der Waals surface area contributed by atoms with E-state index in [-0.39, 0.29) is 0 Å². The van der Waals surface area contributed by atoms with Gasteiger partial charge in [-0.3, -0.25) is 0 Å². The molecule has 0 amide bonds. The Morgan fingerprint density at radius 1 is 1.10 bits per heavy atom. The van der Waals surface area contributed by atoms with Crippen molar-refractivity contribution in [2.24, 2.45) is 0 Å². The van der Waals surface area contributed by atoms with E-state index in [2.05, 4.69) is 10.6 Å². The van der Waals surface area contributed by atoms with Gasteiger partial charge in [-0.05, 0) is 49.5 Å². The van der Waals surface area contributed by atoms with Gasteiger partial charge in [0, 0.05) is 5.69 Å². The molecule has 0 saturated carbocycles. The van der Waals surface area contributed by atoms with Gasteiger partial charge in [-0.2, -0.15) is 0 Å². The van der Waals surface area contributed by atoms with Gasteiger partial charge in [-0.15, -0.1) is 0 Å². The number of rotatable bonds is 4. The predicted octanol–water partition coefficient (Wildman–Crippen LogP) is 5.20. The molecule has 6 heteroatoms. The quantitative estimate of drug-likeness (QED) is 0.749. The molecule has 0 aromatic heterocycles. The summed E-state index contributed by atoms with van der Waals surface area (Å²) in [5.74, 6) is 0.748. The van der Waals surface area contributed by atoms with E-state index in [1.165, 1.54) is 0 Å². The summed E-state index contributed by atoms with van der Waals surface area (Å²) in [7, 11) is 0. The lowest BCUT2D eigenvalue weighted by molar-refractivity contribution is 0.342. The first-order valence-corrected chi connectivity index (χ1v) is 7.51. The van der Waals surface area contributed by atoms with Crippen molar-refractivity contribution in [3.8, 4) is 5.75 Å². The second kappa shape index (κ2) is 7.50. The number of para-hydroxylation sites is 2. The zero-order chi connectivity index (χ0) is 15.2. The normalized spacial score (nSPS) is 10.0. The summed E-state index contributed by atoms with van der Waals surface area (Å²) in [6.07, 6.45) is 0. The van der Waals surface area contributed by atoms with Crippen LogP contribution in [-0.2, 0) is 0 Å². The van der Waals surface area contributed by atoms with E-state index in [1.54, 1.807) is 18.2 Å². The molecule has 0 bridgehead atoms. The summed E-state index contributed by atoms with van der Waals surface area (Å²) in [6, 6.07) is 12.8. The van der Waals surface area contributed by atoms with Crippen LogP contribution in [0.5, 0.6) is 5.75 Å². The van der Waals surface area contributed by atoms with Gasteiger partial charge >= 0.3 is 0 Å². The van der Waals surface area contributed by atoms with Crippen LogP contribution in [0.15, 0.2) is 42.5 Å². The summed E-state index contributed by atoms with van der Waals surface area (Å²) in [4.78, 5) is 0. The summed E-state index contributed by atoms with van der Waals surface area (Å²) < 4.78 is 5.53. The van der Waals surface area contributed by atoms with Gasteiger partial charge in [0.25, 0.3) is 0 Å². The van der Waals surface area contributed by atoms with E-state index in [9.17, 15) is 0 Å². The maximum absolute atomic E-state index is 5.97. The lowest BCUT2D eigenvalue weighted by Crippen LogP contribution is -2.19. The highest BCUT2D eigenvalue weighted by Gasteiger charge is 2.06. The summed E-state index contributed by atoms with van der Waals surface area (Å²) in [5.41, 5.74) is 1.56. The Morgan fingerprint density at radius 2 is 1.86 bits per heavy atom. The Balaban J connectivity index is 2.06. The molecule has 0 heterocycles. The zero-order valence-electron chi connectivity index (χ0n) is 11.3. The molecule has 0 aliphatic heterocycles. The molecule has 0 aliphatic rings. The molecule has 110 valence electrons. The van der Waals surface area contributed by atoms with Crippen LogP contribution < -0.4 is 15.4 Å². The Morgan fingerprint density at radius 3 is 2.57 bits per heavy atom. The molecule has 0 fully saturated rings. The summed E-state index contributed by atoms with van der Waals surface area (Å²) in [6.45, 7) is 2.52. The third-order valence-corrected chi connectivity index (χ3v) is 3.56. The fourth-order valence-electron chi connectivity index (χ4n) is 1.71. The molecule has 2 rings (SSSR count). The van der Waals surface area contributed by atoms with Crippen LogP contribution in [0, 0.1) is 0 Å². The highest BCUT2D eigenvalue weighted by atomic mass is 35.5. The second-order valence-corrected chi connectivity index (χ2v) is 5.36. The fourth-order valence-corrected chi connectivity index (χ4v) is 2.24. The molecule has 21 heavy (non-hydrogen) atoms. The first-order chi connectivity index (χ1) is 10.1. The maximum Gasteiger partial charge on any atom is 0.175 e. The van der Waals surface area contributed by atoms with E-state index in [0.717, 1.165) is 17.1 Å². The number of hydrogen-bond acceptors (Lipinski definition) is 2. The van der Waals surface area contributed by atoms with Crippen molar-refractivity contribution < 1.29 is 4.74 Å². The van der Waals surface area contributed by atoms with Crippen LogP contribution in [0.1, 0.15) is 6.92 Å². The Kier molecular flexibility index (Phi) is 5.67. The number of ether oxygens (including phenoxy) is 1. The molecular weight excluding hydrogens is 327 g/mol. The summed E-state index contributed by atoms with van der Waals surface area (Å²) >= 11 is 17.1. The van der Waals surface area contributed by atoms with E-state index < -0.39 is 0 Å². The van der Waals surface area contributed by atoms with Crippen molar-refractivity contribution in [3.05, 3.63) is 52.5 Å². The van der Waals surface area contributed by atoms with E-state index in [0.29, 0.717) is 21.8 Å². The van der Waals surface area contributed by atoms with Crippen molar-refractivity contribution >= 4 is 51.9 Å².